The van der Waals surface area contributed by atoms with Crippen molar-refractivity contribution < 1.29 is 32.3 Å². The highest BCUT2D eigenvalue weighted by Gasteiger charge is 2.44. The molecule has 1 aliphatic heterocycles. The Balaban J connectivity index is 2.59. The molecule has 0 aliphatic carbocycles. The number of alkyl halides is 3. The standard InChI is InChI=1S/C15H21F3N4O4/c1-14(2,3)26-13(24)9-7-19-6-8-10(15(16,17)18)20-11(22(8)9)12(23)21(4)25-5/h9,19H,6-7H2,1-5H3. The lowest BCUT2D eigenvalue weighted by molar-refractivity contribution is -0.159. The van der Waals surface area contributed by atoms with Crippen LogP contribution in [-0.4, -0.2) is 52.8 Å². The Hall–Kier alpha value is -2.14. The Morgan fingerprint density at radius 1 is 1.31 bits per heavy atom. The molecule has 1 aromatic heterocycles. The summed E-state index contributed by atoms with van der Waals surface area (Å²) in [5.41, 5.74) is -2.35. The number of rotatable bonds is 3. The van der Waals surface area contributed by atoms with E-state index in [0.29, 0.717) is 0 Å². The Labute approximate surface area is 148 Å². The number of hydrogen-bond acceptors (Lipinski definition) is 6. The first kappa shape index (κ1) is 20.2. The third-order valence-corrected chi connectivity index (χ3v) is 3.65. The van der Waals surface area contributed by atoms with Crippen molar-refractivity contribution in [3.05, 3.63) is 17.2 Å². The molecule has 0 fully saturated rings. The zero-order valence-electron chi connectivity index (χ0n) is 15.1. The van der Waals surface area contributed by atoms with Gasteiger partial charge in [-0.3, -0.25) is 9.63 Å². The number of nitrogens with one attached hydrogen (secondary N) is 1. The third kappa shape index (κ3) is 3.98. The van der Waals surface area contributed by atoms with Crippen LogP contribution >= 0.6 is 0 Å². The van der Waals surface area contributed by atoms with Crippen molar-refractivity contribution >= 4 is 11.9 Å². The van der Waals surface area contributed by atoms with Crippen molar-refractivity contribution in [1.29, 1.82) is 0 Å². The molecular formula is C15H21F3N4O4. The van der Waals surface area contributed by atoms with Gasteiger partial charge in [-0.2, -0.15) is 13.2 Å². The van der Waals surface area contributed by atoms with Gasteiger partial charge in [-0.15, -0.1) is 0 Å². The fourth-order valence-electron chi connectivity index (χ4n) is 2.55. The van der Waals surface area contributed by atoms with E-state index in [1.165, 1.54) is 14.2 Å². The lowest BCUT2D eigenvalue weighted by Crippen LogP contribution is -2.42. The van der Waals surface area contributed by atoms with Gasteiger partial charge in [0.1, 0.15) is 11.6 Å². The van der Waals surface area contributed by atoms with Gasteiger partial charge >= 0.3 is 18.1 Å². The Morgan fingerprint density at radius 3 is 2.42 bits per heavy atom. The second-order valence-corrected chi connectivity index (χ2v) is 6.76. The number of hydroxylamine groups is 2. The number of ether oxygens (including phenoxy) is 1. The molecule has 0 saturated heterocycles. The van der Waals surface area contributed by atoms with Gasteiger partial charge in [0.2, 0.25) is 5.82 Å². The van der Waals surface area contributed by atoms with Crippen molar-refractivity contribution in [3.8, 4) is 0 Å². The minimum atomic E-state index is -4.78. The zero-order chi connectivity index (χ0) is 19.9. The van der Waals surface area contributed by atoms with E-state index in [4.69, 9.17) is 9.57 Å². The second-order valence-electron chi connectivity index (χ2n) is 6.76. The number of nitrogens with zero attached hydrogens (tertiary/aromatic N) is 3. The summed E-state index contributed by atoms with van der Waals surface area (Å²) in [6.45, 7) is 4.74. The molecule has 1 amide bonds. The number of halogens is 3. The highest BCUT2D eigenvalue weighted by Crippen LogP contribution is 2.35. The first-order valence-electron chi connectivity index (χ1n) is 7.81. The van der Waals surface area contributed by atoms with Crippen molar-refractivity contribution in [1.82, 2.24) is 19.9 Å². The van der Waals surface area contributed by atoms with Gasteiger partial charge in [-0.1, -0.05) is 0 Å². The first-order valence-corrected chi connectivity index (χ1v) is 7.81. The normalized spacial score (nSPS) is 17.6. The molecule has 2 rings (SSSR count). The van der Waals surface area contributed by atoms with E-state index in [0.717, 1.165) is 9.63 Å². The number of carbonyl (C=O) groups is 2. The van der Waals surface area contributed by atoms with E-state index in [-0.39, 0.29) is 18.8 Å². The number of imidazole rings is 1. The van der Waals surface area contributed by atoms with Gasteiger partial charge in [0, 0.05) is 20.1 Å². The predicted octanol–water partition coefficient (Wildman–Crippen LogP) is 1.52. The lowest BCUT2D eigenvalue weighted by Gasteiger charge is -2.30. The third-order valence-electron chi connectivity index (χ3n) is 3.65. The fourth-order valence-corrected chi connectivity index (χ4v) is 2.55. The second kappa shape index (κ2) is 6.88. The Bertz CT molecular complexity index is 709. The zero-order valence-corrected chi connectivity index (χ0v) is 15.1. The van der Waals surface area contributed by atoms with Crippen LogP contribution in [0.3, 0.4) is 0 Å². The highest BCUT2D eigenvalue weighted by atomic mass is 19.4. The summed E-state index contributed by atoms with van der Waals surface area (Å²) in [6, 6.07) is -1.16. The molecule has 1 atom stereocenters. The van der Waals surface area contributed by atoms with E-state index in [1.54, 1.807) is 20.8 Å². The largest absolute Gasteiger partial charge is 0.458 e. The summed E-state index contributed by atoms with van der Waals surface area (Å²) >= 11 is 0. The van der Waals surface area contributed by atoms with Crippen LogP contribution in [0.5, 0.6) is 0 Å². The molecule has 0 saturated carbocycles. The minimum absolute atomic E-state index is 0.00649. The number of carbonyl (C=O) groups excluding carboxylic acids is 2. The van der Waals surface area contributed by atoms with E-state index in [2.05, 4.69) is 10.3 Å². The predicted molar refractivity (Wildman–Crippen MR) is 82.9 cm³/mol. The molecule has 11 heteroatoms. The summed E-state index contributed by atoms with van der Waals surface area (Å²) in [7, 11) is 2.43. The van der Waals surface area contributed by atoms with Gasteiger partial charge in [0.15, 0.2) is 5.69 Å². The van der Waals surface area contributed by atoms with E-state index in [1.807, 2.05) is 0 Å². The molecule has 0 aromatic carbocycles. The SMILES string of the molecule is CON(C)C(=O)c1nc(C(F)(F)F)c2n1C(C(=O)OC(C)(C)C)CNC2. The van der Waals surface area contributed by atoms with Crippen molar-refractivity contribution in [3.63, 3.8) is 0 Å². The summed E-state index contributed by atoms with van der Waals surface area (Å²) in [5.74, 6) is -2.19. The number of hydrogen-bond donors (Lipinski definition) is 1. The van der Waals surface area contributed by atoms with Crippen LogP contribution in [-0.2, 0) is 27.1 Å². The number of aromatic nitrogens is 2. The van der Waals surface area contributed by atoms with E-state index in [9.17, 15) is 22.8 Å². The molecule has 1 aliphatic rings. The van der Waals surface area contributed by atoms with Gasteiger partial charge < -0.3 is 14.6 Å². The number of amides is 1. The van der Waals surface area contributed by atoms with Crippen LogP contribution < -0.4 is 5.32 Å². The topological polar surface area (TPSA) is 85.7 Å². The maximum atomic E-state index is 13.4. The van der Waals surface area contributed by atoms with E-state index < -0.39 is 41.2 Å². The molecule has 1 unspecified atom stereocenters. The van der Waals surface area contributed by atoms with Crippen LogP contribution in [0, 0.1) is 0 Å². The average Bonchev–Trinajstić information content (AvgIpc) is 2.91. The summed E-state index contributed by atoms with van der Waals surface area (Å²) in [5, 5.41) is 3.49. The maximum absolute atomic E-state index is 13.4. The molecule has 1 aromatic rings. The first-order chi connectivity index (χ1) is 11.9. The van der Waals surface area contributed by atoms with Crippen molar-refractivity contribution in [2.24, 2.45) is 0 Å². The summed E-state index contributed by atoms with van der Waals surface area (Å²) in [6.07, 6.45) is -4.78. The van der Waals surface area contributed by atoms with E-state index >= 15 is 0 Å². The molecule has 26 heavy (non-hydrogen) atoms. The number of esters is 1. The quantitative estimate of drug-likeness (QED) is 0.634. The molecule has 0 spiro atoms. The van der Waals surface area contributed by atoms with Gasteiger partial charge in [0.05, 0.1) is 12.8 Å². The lowest BCUT2D eigenvalue weighted by atomic mass is 10.1. The molecule has 0 bridgehead atoms. The molecule has 0 radical (unpaired) electrons. The molecule has 146 valence electrons. The monoisotopic (exact) mass is 378 g/mol. The van der Waals surface area contributed by atoms with Gasteiger partial charge in [0.25, 0.3) is 0 Å². The molecule has 2 heterocycles. The van der Waals surface area contributed by atoms with Crippen LogP contribution in [0.2, 0.25) is 0 Å². The van der Waals surface area contributed by atoms with Crippen LogP contribution in [0.25, 0.3) is 0 Å². The van der Waals surface area contributed by atoms with Crippen LogP contribution in [0.1, 0.15) is 48.8 Å². The van der Waals surface area contributed by atoms with Gasteiger partial charge in [-0.05, 0) is 20.8 Å². The molecule has 8 nitrogen and oxygen atoms in total. The van der Waals surface area contributed by atoms with Crippen LogP contribution in [0.4, 0.5) is 13.2 Å². The summed E-state index contributed by atoms with van der Waals surface area (Å²) in [4.78, 5) is 33.1. The average molecular weight is 378 g/mol. The van der Waals surface area contributed by atoms with Crippen LogP contribution in [0.15, 0.2) is 0 Å². The fraction of sp³-hybridized carbons (Fsp3) is 0.667. The Kier molecular flexibility index (Phi) is 5.34. The smallest absolute Gasteiger partial charge is 0.435 e. The number of fused-ring (bicyclic) bond motifs is 1. The highest BCUT2D eigenvalue weighted by molar-refractivity contribution is 5.91. The minimum Gasteiger partial charge on any atom is -0.458 e. The van der Waals surface area contributed by atoms with Crippen molar-refractivity contribution in [2.75, 3.05) is 20.7 Å². The van der Waals surface area contributed by atoms with Crippen molar-refractivity contribution in [2.45, 2.75) is 45.1 Å². The Morgan fingerprint density at radius 2 is 1.92 bits per heavy atom. The molecular weight excluding hydrogens is 357 g/mol. The molecule has 1 N–H and O–H groups in total. The summed E-state index contributed by atoms with van der Waals surface area (Å²) < 4.78 is 46.4. The maximum Gasteiger partial charge on any atom is 0.435 e. The van der Waals surface area contributed by atoms with Gasteiger partial charge in [-0.25, -0.2) is 14.8 Å².